The minimum Gasteiger partial charge on any atom is -0.310 e. The highest BCUT2D eigenvalue weighted by atomic mass is 32.2. The van der Waals surface area contributed by atoms with Gasteiger partial charge in [0, 0.05) is 49.2 Å². The highest BCUT2D eigenvalue weighted by molar-refractivity contribution is 7.98. The molecule has 0 N–H and O–H groups in total. The van der Waals surface area contributed by atoms with Gasteiger partial charge in [-0.2, -0.15) is 0 Å². The molecular weight excluding hydrogens is 711 g/mol. The summed E-state index contributed by atoms with van der Waals surface area (Å²) in [4.78, 5) is 5.98. The Bertz CT molecular complexity index is 2880. The lowest BCUT2D eigenvalue weighted by Crippen LogP contribution is -1.95. The quantitative estimate of drug-likeness (QED) is 0.0652. The van der Waals surface area contributed by atoms with E-state index in [1.165, 1.54) is 60.6 Å². The van der Waals surface area contributed by atoms with Crippen LogP contribution in [0.3, 0.4) is 0 Å². The largest absolute Gasteiger partial charge is 0.310 e. The first-order valence-electron chi connectivity index (χ1n) is 20.1. The molecule has 0 atom stereocenters. The Morgan fingerprint density at radius 3 is 1.81 bits per heavy atom. The summed E-state index contributed by atoms with van der Waals surface area (Å²) in [6.45, 7) is 12.8. The molecule has 4 heteroatoms. The van der Waals surface area contributed by atoms with Crippen molar-refractivity contribution < 1.29 is 0 Å². The Morgan fingerprint density at radius 2 is 1.21 bits per heavy atom. The molecule has 0 bridgehead atoms. The van der Waals surface area contributed by atoms with Gasteiger partial charge in [0.25, 0.3) is 0 Å². The highest BCUT2D eigenvalue weighted by Crippen LogP contribution is 2.47. The van der Waals surface area contributed by atoms with Gasteiger partial charge in [-0.3, -0.25) is 4.99 Å². The van der Waals surface area contributed by atoms with Crippen molar-refractivity contribution in [2.75, 3.05) is 0 Å². The van der Waals surface area contributed by atoms with Crippen LogP contribution in [-0.2, 0) is 5.75 Å². The Kier molecular flexibility index (Phi) is 11.2. The van der Waals surface area contributed by atoms with Crippen LogP contribution in [0, 0.1) is 0 Å². The first-order chi connectivity index (χ1) is 28.1. The van der Waals surface area contributed by atoms with Gasteiger partial charge in [-0.05, 0) is 104 Å². The van der Waals surface area contributed by atoms with Crippen molar-refractivity contribution in [3.63, 3.8) is 0 Å². The molecule has 0 spiro atoms. The normalized spacial score (nSPS) is 12.7. The van der Waals surface area contributed by atoms with Gasteiger partial charge >= 0.3 is 0 Å². The molecule has 0 aliphatic heterocycles. The van der Waals surface area contributed by atoms with Gasteiger partial charge in [0.2, 0.25) is 0 Å². The Hall–Kier alpha value is -6.10. The van der Waals surface area contributed by atoms with E-state index in [-0.39, 0.29) is 0 Å². The molecule has 0 aliphatic carbocycles. The van der Waals surface area contributed by atoms with Gasteiger partial charge in [0.1, 0.15) is 0 Å². The molecule has 2 heterocycles. The lowest BCUT2D eigenvalue weighted by molar-refractivity contribution is 0.954. The van der Waals surface area contributed by atoms with Gasteiger partial charge in [-0.15, -0.1) is 11.8 Å². The minimum atomic E-state index is 0.820. The molecule has 0 fully saturated rings. The monoisotopic (exact) mass is 759 g/mol. The Labute approximate surface area is 341 Å². The second-order valence-corrected chi connectivity index (χ2v) is 15.4. The zero-order chi connectivity index (χ0) is 39.3. The third-order valence-corrected chi connectivity index (χ3v) is 12.0. The molecule has 0 saturated carbocycles. The van der Waals surface area contributed by atoms with Crippen molar-refractivity contribution in [2.24, 2.45) is 4.99 Å². The fourth-order valence-electron chi connectivity index (χ4n) is 8.14. The first kappa shape index (κ1) is 37.8. The molecule has 3 nitrogen and oxygen atoms in total. The van der Waals surface area contributed by atoms with Crippen LogP contribution in [-0.4, -0.2) is 15.9 Å². The molecule has 0 radical (unpaired) electrons. The van der Waals surface area contributed by atoms with Gasteiger partial charge < -0.3 is 9.13 Å². The predicted molar refractivity (Wildman–Crippen MR) is 252 cm³/mol. The zero-order valence-corrected chi connectivity index (χ0v) is 34.2. The molecule has 2 aromatic heterocycles. The van der Waals surface area contributed by atoms with Crippen molar-refractivity contribution in [1.29, 1.82) is 0 Å². The summed E-state index contributed by atoms with van der Waals surface area (Å²) in [6, 6.07) is 46.6. The second-order valence-electron chi connectivity index (χ2n) is 14.4. The third kappa shape index (κ3) is 7.11. The van der Waals surface area contributed by atoms with E-state index >= 15 is 0 Å². The number of para-hydroxylation sites is 2. The van der Waals surface area contributed by atoms with E-state index < -0.39 is 0 Å². The van der Waals surface area contributed by atoms with Crippen molar-refractivity contribution in [1.82, 2.24) is 9.13 Å². The van der Waals surface area contributed by atoms with Crippen LogP contribution in [0.5, 0.6) is 0 Å². The molecule has 6 aromatic carbocycles. The van der Waals surface area contributed by atoms with E-state index in [9.17, 15) is 0 Å². The second kappa shape index (κ2) is 17.0. The number of hydrogen-bond donors (Lipinski definition) is 0. The van der Waals surface area contributed by atoms with Gasteiger partial charge in [-0.1, -0.05) is 136 Å². The number of rotatable bonds is 13. The van der Waals surface area contributed by atoms with E-state index in [1.54, 1.807) is 0 Å². The van der Waals surface area contributed by atoms with Gasteiger partial charge in [-0.25, -0.2) is 0 Å². The molecular formula is C53H49N3S. The van der Waals surface area contributed by atoms with Crippen molar-refractivity contribution in [3.05, 3.63) is 169 Å². The summed E-state index contributed by atoms with van der Waals surface area (Å²) in [5, 5.41) is 4.94. The maximum Gasteiger partial charge on any atom is 0.0842 e. The van der Waals surface area contributed by atoms with Gasteiger partial charge in [0.15, 0.2) is 0 Å². The Balaban J connectivity index is 1.32. The van der Waals surface area contributed by atoms with E-state index in [4.69, 9.17) is 4.99 Å². The predicted octanol–water partition coefficient (Wildman–Crippen LogP) is 15.9. The summed E-state index contributed by atoms with van der Waals surface area (Å²) in [5.74, 6) is 0.820. The van der Waals surface area contributed by atoms with E-state index in [0.29, 0.717) is 0 Å². The topological polar surface area (TPSA) is 22.2 Å². The average Bonchev–Trinajstić information content (AvgIpc) is 3.77. The summed E-state index contributed by atoms with van der Waals surface area (Å²) >= 11 is 1.84. The van der Waals surface area contributed by atoms with Crippen LogP contribution >= 0.6 is 11.8 Å². The molecule has 0 amide bonds. The van der Waals surface area contributed by atoms with E-state index in [2.05, 4.69) is 207 Å². The number of nitrogens with zero attached hydrogens (tertiary/aromatic N) is 3. The van der Waals surface area contributed by atoms with Crippen LogP contribution in [0.15, 0.2) is 174 Å². The van der Waals surface area contributed by atoms with Crippen LogP contribution in [0.1, 0.15) is 52.5 Å². The molecule has 0 unspecified atom stereocenters. The van der Waals surface area contributed by atoms with Crippen molar-refractivity contribution >= 4 is 79.2 Å². The standard InChI is InChI=1S/C53H49N3S/c1-6-10-22-40(9-4)55-48-26-17-15-24-44(48)47-35-39(29-33-50(47)55)43-31-30-42(52(54-5)53(43)57-36-37-20-13-12-14-21-37)38-28-32-51-46(34-38)45-25-16-18-27-49(45)56(51)41(19-8-3)23-11-7-2/h8-10,12-35H,5-7,11,36H2,1-4H3/b19-8-,22-10-,40-9+,41-23+. The van der Waals surface area contributed by atoms with Crippen LogP contribution < -0.4 is 0 Å². The highest BCUT2D eigenvalue weighted by Gasteiger charge is 2.20. The van der Waals surface area contributed by atoms with Crippen LogP contribution in [0.2, 0.25) is 0 Å². The molecule has 282 valence electrons. The SMILES string of the molecule is C=Nc1c(-c2ccc3c(c2)c2ccccc2n3C(/C=C\C)=C/CCC)ccc(-c2ccc3c(c2)c2ccccc2n3C(/C=C\CC)=C/C)c1SCc1ccccc1. The first-order valence-corrected chi connectivity index (χ1v) is 21.1. The number of unbranched alkanes of at least 4 members (excludes halogenated alkanes) is 1. The third-order valence-electron chi connectivity index (χ3n) is 10.8. The Morgan fingerprint density at radius 1 is 0.632 bits per heavy atom. The fraction of sp³-hybridized carbons (Fsp3) is 0.151. The number of aromatic nitrogens is 2. The molecule has 0 aliphatic rings. The summed E-state index contributed by atoms with van der Waals surface area (Å²) in [7, 11) is 0. The smallest absolute Gasteiger partial charge is 0.0842 e. The van der Waals surface area contributed by atoms with Crippen LogP contribution in [0.4, 0.5) is 5.69 Å². The lowest BCUT2D eigenvalue weighted by atomic mass is 9.96. The molecule has 57 heavy (non-hydrogen) atoms. The fourth-order valence-corrected chi connectivity index (χ4v) is 9.29. The summed E-state index contributed by atoms with van der Waals surface area (Å²) in [5.41, 5.74) is 13.9. The summed E-state index contributed by atoms with van der Waals surface area (Å²) in [6.07, 6.45) is 16.5. The average molecular weight is 760 g/mol. The number of hydrogen-bond acceptors (Lipinski definition) is 2. The molecule has 0 saturated heterocycles. The number of aliphatic imine (C=N–C) groups is 1. The van der Waals surface area contributed by atoms with Crippen LogP contribution in [0.25, 0.3) is 77.3 Å². The maximum atomic E-state index is 4.84. The maximum absolute atomic E-state index is 4.84. The minimum absolute atomic E-state index is 0.820. The zero-order valence-electron chi connectivity index (χ0n) is 33.4. The molecule has 8 rings (SSSR count). The lowest BCUT2D eigenvalue weighted by Gasteiger charge is -2.17. The van der Waals surface area contributed by atoms with Crippen molar-refractivity contribution in [2.45, 2.75) is 57.6 Å². The number of allylic oxidation sites excluding steroid dienone is 8. The van der Waals surface area contributed by atoms with Gasteiger partial charge in [0.05, 0.1) is 27.8 Å². The number of benzene rings is 6. The number of fused-ring (bicyclic) bond motifs is 6. The molecule has 8 aromatic rings. The van der Waals surface area contributed by atoms with E-state index in [1.807, 2.05) is 11.8 Å². The number of thioether (sulfide) groups is 1. The van der Waals surface area contributed by atoms with E-state index in [0.717, 1.165) is 57.9 Å². The summed E-state index contributed by atoms with van der Waals surface area (Å²) < 4.78 is 4.80. The van der Waals surface area contributed by atoms with Crippen molar-refractivity contribution in [3.8, 4) is 22.3 Å².